The van der Waals surface area contributed by atoms with Crippen molar-refractivity contribution in [2.24, 2.45) is 0 Å². The number of alkyl halides is 2. The lowest BCUT2D eigenvalue weighted by atomic mass is 10.1. The molecular weight excluding hydrogens is 305 g/mol. The average Bonchev–Trinajstić information content (AvgIpc) is 2.77. The minimum Gasteiger partial charge on any atom is -0.344 e. The number of benzene rings is 1. The van der Waals surface area contributed by atoms with Gasteiger partial charge in [-0.1, -0.05) is 12.1 Å². The van der Waals surface area contributed by atoms with Crippen molar-refractivity contribution in [2.45, 2.75) is 24.8 Å². The number of carbonyl (C=O) groups is 1. The quantitative estimate of drug-likeness (QED) is 0.922. The minimum absolute atomic E-state index is 0. The van der Waals surface area contributed by atoms with Crippen LogP contribution in [-0.4, -0.2) is 42.9 Å². The zero-order valence-electron chi connectivity index (χ0n) is 11.6. The van der Waals surface area contributed by atoms with E-state index in [1.165, 1.54) is 17.0 Å². The Balaban J connectivity index is 0.00000220. The van der Waals surface area contributed by atoms with Gasteiger partial charge < -0.3 is 4.90 Å². The molecule has 1 aromatic carbocycles. The fourth-order valence-electron chi connectivity index (χ4n) is 2.21. The predicted molar refractivity (Wildman–Crippen MR) is 76.3 cm³/mol. The summed E-state index contributed by atoms with van der Waals surface area (Å²) in [7, 11) is 1.59. The lowest BCUT2D eigenvalue weighted by Crippen LogP contribution is -2.42. The van der Waals surface area contributed by atoms with Gasteiger partial charge in [-0.25, -0.2) is 13.2 Å². The molecule has 118 valence electrons. The molecule has 1 N–H and O–H groups in total. The number of carbonyl (C=O) groups excluding carboxylic acids is 1. The van der Waals surface area contributed by atoms with Crippen molar-refractivity contribution in [2.75, 3.05) is 20.1 Å². The molecule has 1 heterocycles. The Morgan fingerprint density at radius 1 is 1.38 bits per heavy atom. The molecule has 3 nitrogen and oxygen atoms in total. The fraction of sp³-hybridized carbons (Fsp3) is 0.500. The van der Waals surface area contributed by atoms with Crippen molar-refractivity contribution in [3.63, 3.8) is 0 Å². The number of amides is 1. The van der Waals surface area contributed by atoms with E-state index in [9.17, 15) is 18.0 Å². The van der Waals surface area contributed by atoms with E-state index in [-0.39, 0.29) is 24.1 Å². The molecule has 0 spiro atoms. The molecular formula is C14H18ClF3N2O. The number of likely N-dealkylation sites (N-methyl/N-ethyl adjacent to an activating group) is 1. The summed E-state index contributed by atoms with van der Waals surface area (Å²) >= 11 is 0. The van der Waals surface area contributed by atoms with E-state index < -0.39 is 24.9 Å². The van der Waals surface area contributed by atoms with Gasteiger partial charge in [-0.3, -0.25) is 10.1 Å². The van der Waals surface area contributed by atoms with Crippen LogP contribution in [0.25, 0.3) is 0 Å². The maximum absolute atomic E-state index is 13.0. The first kappa shape index (κ1) is 17.8. The molecule has 0 radical (unpaired) electrons. The van der Waals surface area contributed by atoms with Gasteiger partial charge in [0.25, 0.3) is 5.92 Å². The highest BCUT2D eigenvalue weighted by molar-refractivity contribution is 5.85. The molecule has 0 bridgehead atoms. The van der Waals surface area contributed by atoms with E-state index >= 15 is 0 Å². The normalized spacial score (nSPS) is 19.9. The first-order chi connectivity index (χ1) is 9.37. The van der Waals surface area contributed by atoms with Gasteiger partial charge in [0.15, 0.2) is 0 Å². The van der Waals surface area contributed by atoms with Gasteiger partial charge in [-0.15, -0.1) is 12.4 Å². The largest absolute Gasteiger partial charge is 0.344 e. The second-order valence-corrected chi connectivity index (χ2v) is 5.13. The molecule has 0 aromatic heterocycles. The number of nitrogens with zero attached hydrogens (tertiary/aromatic N) is 1. The summed E-state index contributed by atoms with van der Waals surface area (Å²) in [5.41, 5.74) is 0.899. The van der Waals surface area contributed by atoms with Crippen LogP contribution in [0.4, 0.5) is 13.2 Å². The molecule has 1 amide bonds. The van der Waals surface area contributed by atoms with Crippen molar-refractivity contribution in [1.29, 1.82) is 0 Å². The molecule has 1 saturated heterocycles. The Bertz CT molecular complexity index is 482. The summed E-state index contributed by atoms with van der Waals surface area (Å²) in [6.07, 6.45) is 0.109. The summed E-state index contributed by atoms with van der Waals surface area (Å²) in [5.74, 6) is -3.45. The van der Waals surface area contributed by atoms with Crippen LogP contribution in [0.3, 0.4) is 0 Å². The zero-order valence-corrected chi connectivity index (χ0v) is 12.4. The van der Waals surface area contributed by atoms with E-state index in [4.69, 9.17) is 0 Å². The summed E-state index contributed by atoms with van der Waals surface area (Å²) < 4.78 is 38.8. The van der Waals surface area contributed by atoms with E-state index in [2.05, 4.69) is 5.32 Å². The second kappa shape index (κ2) is 7.13. The standard InChI is InChI=1S/C14H17F3N2O.ClH/c1-19(7-6-10-2-4-11(15)5-3-10)13(20)12-8-14(16,17)9-18-12;/h2-5,12,18H,6-9H2,1H3;1H. The van der Waals surface area contributed by atoms with Crippen molar-refractivity contribution < 1.29 is 18.0 Å². The van der Waals surface area contributed by atoms with Gasteiger partial charge in [-0.2, -0.15) is 0 Å². The highest BCUT2D eigenvalue weighted by atomic mass is 35.5. The number of hydrogen-bond acceptors (Lipinski definition) is 2. The third kappa shape index (κ3) is 4.89. The van der Waals surface area contributed by atoms with Crippen LogP contribution in [0.2, 0.25) is 0 Å². The summed E-state index contributed by atoms with van der Waals surface area (Å²) in [6.45, 7) is -0.0383. The van der Waals surface area contributed by atoms with Crippen molar-refractivity contribution in [3.05, 3.63) is 35.6 Å². The lowest BCUT2D eigenvalue weighted by Gasteiger charge is -2.21. The Kier molecular flexibility index (Phi) is 6.04. The molecule has 0 saturated carbocycles. The van der Waals surface area contributed by atoms with Crippen LogP contribution < -0.4 is 5.32 Å². The van der Waals surface area contributed by atoms with Gasteiger partial charge in [0.05, 0.1) is 12.6 Å². The number of rotatable bonds is 4. The van der Waals surface area contributed by atoms with Crippen molar-refractivity contribution >= 4 is 18.3 Å². The molecule has 1 atom stereocenters. The monoisotopic (exact) mass is 322 g/mol. The predicted octanol–water partition coefficient (Wildman–Crippen LogP) is 2.25. The second-order valence-electron chi connectivity index (χ2n) is 5.13. The Labute approximate surface area is 127 Å². The SMILES string of the molecule is CN(CCc1ccc(F)cc1)C(=O)C1CC(F)(F)CN1.Cl. The number of nitrogens with one attached hydrogen (secondary N) is 1. The van der Waals surface area contributed by atoms with Crippen LogP contribution in [0.15, 0.2) is 24.3 Å². The molecule has 1 unspecified atom stereocenters. The first-order valence-electron chi connectivity index (χ1n) is 6.48. The van der Waals surface area contributed by atoms with Gasteiger partial charge >= 0.3 is 0 Å². The zero-order chi connectivity index (χ0) is 14.8. The van der Waals surface area contributed by atoms with E-state index in [1.807, 2.05) is 0 Å². The third-order valence-electron chi connectivity index (χ3n) is 3.43. The first-order valence-corrected chi connectivity index (χ1v) is 6.48. The molecule has 1 aliphatic rings. The molecule has 1 aromatic rings. The highest BCUT2D eigenvalue weighted by Gasteiger charge is 2.42. The molecule has 7 heteroatoms. The maximum atomic E-state index is 13.0. The minimum atomic E-state index is -2.81. The van der Waals surface area contributed by atoms with Crippen molar-refractivity contribution in [1.82, 2.24) is 10.2 Å². The Morgan fingerprint density at radius 3 is 2.52 bits per heavy atom. The summed E-state index contributed by atoms with van der Waals surface area (Å²) in [5, 5.41) is 2.54. The van der Waals surface area contributed by atoms with E-state index in [0.29, 0.717) is 13.0 Å². The molecule has 0 aliphatic carbocycles. The Hall–Kier alpha value is -1.27. The van der Waals surface area contributed by atoms with E-state index in [0.717, 1.165) is 5.56 Å². The number of halogens is 4. The highest BCUT2D eigenvalue weighted by Crippen LogP contribution is 2.25. The smallest absolute Gasteiger partial charge is 0.262 e. The third-order valence-corrected chi connectivity index (χ3v) is 3.43. The average molecular weight is 323 g/mol. The molecule has 1 aliphatic heterocycles. The van der Waals surface area contributed by atoms with Gasteiger partial charge in [0, 0.05) is 20.0 Å². The molecule has 2 rings (SSSR count). The summed E-state index contributed by atoms with van der Waals surface area (Å²) in [4.78, 5) is 13.4. The maximum Gasteiger partial charge on any atom is 0.262 e. The van der Waals surface area contributed by atoms with Crippen LogP contribution in [0.1, 0.15) is 12.0 Å². The van der Waals surface area contributed by atoms with Gasteiger partial charge in [0.1, 0.15) is 5.82 Å². The molecule has 1 fully saturated rings. The fourth-order valence-corrected chi connectivity index (χ4v) is 2.21. The Morgan fingerprint density at radius 2 is 2.00 bits per heavy atom. The van der Waals surface area contributed by atoms with Crippen LogP contribution >= 0.6 is 12.4 Å². The van der Waals surface area contributed by atoms with Crippen molar-refractivity contribution in [3.8, 4) is 0 Å². The summed E-state index contributed by atoms with van der Waals surface area (Å²) in [6, 6.07) is 5.20. The van der Waals surface area contributed by atoms with Gasteiger partial charge in [-0.05, 0) is 24.1 Å². The lowest BCUT2D eigenvalue weighted by molar-refractivity contribution is -0.132. The van der Waals surface area contributed by atoms with Crippen LogP contribution in [-0.2, 0) is 11.2 Å². The van der Waals surface area contributed by atoms with E-state index in [1.54, 1.807) is 19.2 Å². The van der Waals surface area contributed by atoms with Gasteiger partial charge in [0.2, 0.25) is 5.91 Å². The topological polar surface area (TPSA) is 32.3 Å². The van der Waals surface area contributed by atoms with Crippen LogP contribution in [0.5, 0.6) is 0 Å². The van der Waals surface area contributed by atoms with Crippen LogP contribution in [0, 0.1) is 5.82 Å². The number of hydrogen-bond donors (Lipinski definition) is 1. The molecule has 21 heavy (non-hydrogen) atoms.